The number of nitrogen functional groups attached to an aromatic ring is 1. The molecule has 0 aromatic heterocycles. The second kappa shape index (κ2) is 14.4. The zero-order chi connectivity index (χ0) is 33.9. The zero-order valence-electron chi connectivity index (χ0n) is 28.4. The van der Waals surface area contributed by atoms with Gasteiger partial charge in [0.25, 0.3) is 0 Å². The smallest absolute Gasteiger partial charge is 0.224 e. The molecule has 9 nitrogen and oxygen atoms in total. The minimum atomic E-state index is -0.605. The average molecular weight is 655 g/mol. The predicted octanol–water partition coefficient (Wildman–Crippen LogP) is 6.95. The fourth-order valence-corrected chi connectivity index (χ4v) is 8.30. The molecule has 6 rings (SSSR count). The summed E-state index contributed by atoms with van der Waals surface area (Å²) in [6, 6.07) is 23.3. The van der Waals surface area contributed by atoms with Crippen LogP contribution in [0.1, 0.15) is 94.8 Å². The van der Waals surface area contributed by atoms with Crippen molar-refractivity contribution in [2.45, 2.75) is 96.9 Å². The monoisotopic (exact) mass is 654 g/mol. The van der Waals surface area contributed by atoms with E-state index < -0.39 is 6.29 Å². The van der Waals surface area contributed by atoms with Crippen LogP contribution in [0.2, 0.25) is 0 Å². The second-order valence-corrected chi connectivity index (χ2v) is 15.2. The van der Waals surface area contributed by atoms with Crippen molar-refractivity contribution >= 4 is 28.9 Å². The number of nitrogens with two attached hydrogens (primary N) is 1. The first-order valence-corrected chi connectivity index (χ1v) is 17.3. The summed E-state index contributed by atoms with van der Waals surface area (Å²) in [6.45, 7) is 9.18. The van der Waals surface area contributed by atoms with Crippen molar-refractivity contribution in [1.29, 1.82) is 0 Å². The van der Waals surface area contributed by atoms with Crippen LogP contribution < -0.4 is 16.4 Å². The number of carbonyl (C=O) groups is 2. The summed E-state index contributed by atoms with van der Waals surface area (Å²) in [5, 5.41) is 15.4. The van der Waals surface area contributed by atoms with Gasteiger partial charge in [0.1, 0.15) is 0 Å². The summed E-state index contributed by atoms with van der Waals surface area (Å²) < 4.78 is 13.3. The number of aliphatic hydroxyl groups is 1. The highest BCUT2D eigenvalue weighted by molar-refractivity contribution is 5.94. The summed E-state index contributed by atoms with van der Waals surface area (Å²) in [7, 11) is 0. The number of rotatable bonds is 11. The highest BCUT2D eigenvalue weighted by Crippen LogP contribution is 2.53. The van der Waals surface area contributed by atoms with Crippen LogP contribution >= 0.6 is 0 Å². The highest BCUT2D eigenvalue weighted by atomic mass is 16.7. The van der Waals surface area contributed by atoms with Crippen molar-refractivity contribution < 1.29 is 24.2 Å². The third-order valence-electron chi connectivity index (χ3n) is 10.1. The molecule has 2 heterocycles. The van der Waals surface area contributed by atoms with Gasteiger partial charge in [-0.1, -0.05) is 69.3 Å². The Morgan fingerprint density at radius 1 is 0.917 bits per heavy atom. The Hall–Kier alpha value is -3.76. The molecular weight excluding hydrogens is 604 g/mol. The van der Waals surface area contributed by atoms with Crippen LogP contribution in [0.25, 0.3) is 0 Å². The highest BCUT2D eigenvalue weighted by Gasteiger charge is 2.50. The number of fused-ring (bicyclic) bond motifs is 2. The molecular formula is C39H50N4O5. The number of para-hydroxylation sites is 2. The largest absolute Gasteiger partial charge is 0.397 e. The van der Waals surface area contributed by atoms with E-state index in [0.29, 0.717) is 40.4 Å². The third-order valence-corrected chi connectivity index (χ3v) is 10.1. The molecule has 48 heavy (non-hydrogen) atoms. The molecule has 5 N–H and O–H groups in total. The maximum Gasteiger partial charge on any atom is 0.224 e. The van der Waals surface area contributed by atoms with Gasteiger partial charge in [0.15, 0.2) is 6.29 Å². The van der Waals surface area contributed by atoms with Crippen LogP contribution in [0, 0.1) is 10.8 Å². The van der Waals surface area contributed by atoms with E-state index in [1.807, 2.05) is 60.7 Å². The van der Waals surface area contributed by atoms with Gasteiger partial charge in [-0.15, -0.1) is 0 Å². The van der Waals surface area contributed by atoms with Crippen molar-refractivity contribution in [3.05, 3.63) is 89.5 Å². The van der Waals surface area contributed by atoms with Gasteiger partial charge >= 0.3 is 0 Å². The molecule has 0 radical (unpaired) electrons. The number of ether oxygens (including phenoxy) is 2. The first kappa shape index (κ1) is 34.1. The van der Waals surface area contributed by atoms with E-state index in [2.05, 4.69) is 36.3 Å². The van der Waals surface area contributed by atoms with Gasteiger partial charge in [-0.3, -0.25) is 14.5 Å². The number of hydrogen-bond acceptors (Lipinski definition) is 7. The lowest BCUT2D eigenvalue weighted by molar-refractivity contribution is -0.253. The van der Waals surface area contributed by atoms with Crippen molar-refractivity contribution in [2.24, 2.45) is 10.8 Å². The molecule has 3 aromatic rings. The van der Waals surface area contributed by atoms with E-state index in [4.69, 9.17) is 15.2 Å². The fraction of sp³-hybridized carbons (Fsp3) is 0.487. The Morgan fingerprint density at radius 2 is 1.67 bits per heavy atom. The Morgan fingerprint density at radius 3 is 2.42 bits per heavy atom. The molecule has 3 aliphatic rings. The molecule has 2 saturated heterocycles. The minimum absolute atomic E-state index is 0.000150. The number of benzene rings is 3. The zero-order valence-corrected chi connectivity index (χ0v) is 28.4. The average Bonchev–Trinajstić information content (AvgIpc) is 3.29. The first-order valence-electron chi connectivity index (χ1n) is 17.3. The Labute approximate surface area is 284 Å². The van der Waals surface area contributed by atoms with Crippen LogP contribution in [-0.4, -0.2) is 47.1 Å². The van der Waals surface area contributed by atoms with E-state index in [0.717, 1.165) is 36.2 Å². The second-order valence-electron chi connectivity index (χ2n) is 15.2. The number of carbonyl (C=O) groups excluding carboxylic acids is 2. The number of nitrogens with zero attached hydrogens (tertiary/aromatic N) is 1. The summed E-state index contributed by atoms with van der Waals surface area (Å²) in [5.41, 5.74) is 11.1. The first-order chi connectivity index (χ1) is 23.0. The van der Waals surface area contributed by atoms with Gasteiger partial charge in [-0.05, 0) is 71.9 Å². The molecule has 2 amide bonds. The van der Waals surface area contributed by atoms with E-state index in [1.165, 1.54) is 19.3 Å². The molecule has 1 saturated carbocycles. The normalized spacial score (nSPS) is 26.6. The van der Waals surface area contributed by atoms with E-state index in [9.17, 15) is 14.7 Å². The molecule has 3 aromatic carbocycles. The summed E-state index contributed by atoms with van der Waals surface area (Å²) in [4.78, 5) is 27.9. The molecule has 9 heteroatoms. The van der Waals surface area contributed by atoms with E-state index >= 15 is 0 Å². The van der Waals surface area contributed by atoms with Gasteiger partial charge in [0.2, 0.25) is 11.8 Å². The Balaban J connectivity index is 1.10. The van der Waals surface area contributed by atoms with Crippen molar-refractivity contribution in [3.63, 3.8) is 0 Å². The van der Waals surface area contributed by atoms with Crippen molar-refractivity contribution in [3.8, 4) is 0 Å². The van der Waals surface area contributed by atoms with Crippen LogP contribution in [0.3, 0.4) is 0 Å². The van der Waals surface area contributed by atoms with Crippen LogP contribution in [0.15, 0.2) is 72.8 Å². The van der Waals surface area contributed by atoms with Crippen molar-refractivity contribution in [1.82, 2.24) is 4.90 Å². The number of amides is 2. The SMILES string of the molecule is CC1(C)CC2CC(C)(CN2CC2CC(c3ccc(CO)cc3)OC(c3cccc(NC(=O)CCCC(=O)Nc4ccccc4N)c3)O2)C1. The van der Waals surface area contributed by atoms with E-state index in [1.54, 1.807) is 12.1 Å². The molecule has 1 aliphatic carbocycles. The summed E-state index contributed by atoms with van der Waals surface area (Å²) >= 11 is 0. The van der Waals surface area contributed by atoms with Gasteiger partial charge in [0.05, 0.1) is 30.2 Å². The van der Waals surface area contributed by atoms with Gasteiger partial charge in [-0.2, -0.15) is 0 Å². The lowest BCUT2D eigenvalue weighted by atomic mass is 9.65. The maximum absolute atomic E-state index is 12.8. The summed E-state index contributed by atoms with van der Waals surface area (Å²) in [5.74, 6) is -0.347. The molecule has 3 fully saturated rings. The number of anilines is 3. The molecule has 256 valence electrons. The van der Waals surface area contributed by atoms with Gasteiger partial charge < -0.3 is 30.9 Å². The predicted molar refractivity (Wildman–Crippen MR) is 188 cm³/mol. The van der Waals surface area contributed by atoms with Crippen LogP contribution in [0.5, 0.6) is 0 Å². The molecule has 0 spiro atoms. The molecule has 2 bridgehead atoms. The lowest BCUT2D eigenvalue weighted by Crippen LogP contribution is -2.42. The molecule has 2 aliphatic heterocycles. The van der Waals surface area contributed by atoms with E-state index in [-0.39, 0.29) is 43.5 Å². The topological polar surface area (TPSA) is 126 Å². The van der Waals surface area contributed by atoms with Gasteiger partial charge in [0, 0.05) is 49.6 Å². The minimum Gasteiger partial charge on any atom is -0.397 e. The molecule has 5 atom stereocenters. The number of hydrogen-bond donors (Lipinski definition) is 4. The van der Waals surface area contributed by atoms with Crippen molar-refractivity contribution in [2.75, 3.05) is 29.5 Å². The Bertz CT molecular complexity index is 1590. The van der Waals surface area contributed by atoms with Crippen LogP contribution in [-0.2, 0) is 25.7 Å². The number of aliphatic hydroxyl groups excluding tert-OH is 1. The van der Waals surface area contributed by atoms with Gasteiger partial charge in [-0.25, -0.2) is 0 Å². The third kappa shape index (κ3) is 8.44. The number of likely N-dealkylation sites (tertiary alicyclic amines) is 1. The standard InChI is InChI=1S/C39H50N4O5/c1-38(2)20-30-21-39(3,24-38)25-43(30)22-31-19-34(27-16-14-26(23-44)15-17-27)48-37(47-31)28-8-6-9-29(18-28)41-35(45)12-7-13-36(46)42-33-11-5-4-10-32(33)40/h4-6,8-11,14-18,30-31,34,37,44H,7,12-13,19-25,40H2,1-3H3,(H,41,45)(H,42,46). The molecule has 5 unspecified atom stereocenters. The quantitative estimate of drug-likeness (QED) is 0.165. The summed E-state index contributed by atoms with van der Waals surface area (Å²) in [6.07, 6.45) is 4.44. The maximum atomic E-state index is 12.8. The Kier molecular flexibility index (Phi) is 10.2. The fourth-order valence-electron chi connectivity index (χ4n) is 8.30. The lowest BCUT2D eigenvalue weighted by Gasteiger charge is -2.41. The number of nitrogens with one attached hydrogen (secondary N) is 2. The van der Waals surface area contributed by atoms with Crippen LogP contribution in [0.4, 0.5) is 17.1 Å².